The number of carbonyl (C=O) groups excluding carboxylic acids is 4. The van der Waals surface area contributed by atoms with E-state index < -0.39 is 68.7 Å². The SMILES string of the molecule is C=C[C@@H]1C[C@]1(NC(=O)[C@@H]1C[C@@H]2CN1C(=O)[C@H](C1CCCCC1)NC(=O)O[C@H](C)CCCCc1ccc3ccnc(c3c1)O2)C(=O)NS(=O)(=O)C1CC1. The lowest BCUT2D eigenvalue weighted by Gasteiger charge is -2.34. The molecule has 14 heteroatoms. The minimum atomic E-state index is -3.88. The number of alkyl carbamates (subject to hydrolysis) is 1. The van der Waals surface area contributed by atoms with Crippen LogP contribution in [0.3, 0.4) is 0 Å². The quantitative estimate of drug-likeness (QED) is 0.355. The van der Waals surface area contributed by atoms with Crippen molar-refractivity contribution in [3.8, 4) is 5.88 Å². The van der Waals surface area contributed by atoms with Crippen molar-refractivity contribution in [1.29, 1.82) is 0 Å². The number of ether oxygens (including phenoxy) is 2. The van der Waals surface area contributed by atoms with Crippen LogP contribution in [-0.4, -0.2) is 83.7 Å². The zero-order valence-electron chi connectivity index (χ0n) is 29.7. The van der Waals surface area contributed by atoms with Crippen molar-refractivity contribution in [2.75, 3.05) is 6.54 Å². The summed E-state index contributed by atoms with van der Waals surface area (Å²) in [4.78, 5) is 61.9. The molecule has 1 aromatic heterocycles. The summed E-state index contributed by atoms with van der Waals surface area (Å²) in [6.45, 7) is 5.68. The van der Waals surface area contributed by atoms with E-state index in [0.29, 0.717) is 25.1 Å². The Balaban J connectivity index is 1.21. The van der Waals surface area contributed by atoms with Gasteiger partial charge in [-0.25, -0.2) is 18.2 Å². The van der Waals surface area contributed by atoms with E-state index in [1.807, 2.05) is 19.1 Å². The first-order chi connectivity index (χ1) is 25.0. The molecule has 280 valence electrons. The van der Waals surface area contributed by atoms with Crippen molar-refractivity contribution in [3.63, 3.8) is 0 Å². The third-order valence-electron chi connectivity index (χ3n) is 11.5. The molecule has 3 aliphatic carbocycles. The summed E-state index contributed by atoms with van der Waals surface area (Å²) in [5, 5.41) is 6.89. The maximum atomic E-state index is 14.7. The van der Waals surface area contributed by atoms with Crippen LogP contribution in [0.4, 0.5) is 4.79 Å². The average Bonchev–Trinajstić information content (AvgIpc) is 4.06. The molecule has 7 rings (SSSR count). The number of carbonyl (C=O) groups is 4. The summed E-state index contributed by atoms with van der Waals surface area (Å²) < 4.78 is 39.9. The van der Waals surface area contributed by atoms with Crippen LogP contribution < -0.4 is 20.1 Å². The molecule has 4 amide bonds. The number of pyridine rings is 1. The number of benzene rings is 1. The van der Waals surface area contributed by atoms with Crippen LogP contribution in [0.25, 0.3) is 10.8 Å². The molecular formula is C38H49N5O8S. The number of sulfonamides is 1. The smallest absolute Gasteiger partial charge is 0.408 e. The number of aryl methyl sites for hydroxylation is 1. The molecule has 0 radical (unpaired) electrons. The maximum absolute atomic E-state index is 14.7. The fraction of sp³-hybridized carbons (Fsp3) is 0.605. The van der Waals surface area contributed by atoms with Crippen molar-refractivity contribution in [2.24, 2.45) is 11.8 Å². The standard InChI is InChI=1S/C38H49N5O8S/c1-3-27-21-38(27,36(46)42-52(48,49)29-15-16-29)41-33(44)31-20-28-22-43(31)35(45)32(26-11-5-4-6-12-26)40-37(47)50-23(2)9-7-8-10-24-13-14-25-17-18-39-34(51-28)30(25)19-24/h3,13-14,17-19,23,26-29,31-32H,1,4-12,15-16,20-22H2,2H3,(H,40,47)(H,41,44)(H,42,46)/t23-,27-,28-,31+,32+,38-/m1/s1. The topological polar surface area (TPSA) is 173 Å². The minimum Gasteiger partial charge on any atom is -0.472 e. The van der Waals surface area contributed by atoms with E-state index in [2.05, 4.69) is 39.1 Å². The van der Waals surface area contributed by atoms with Crippen molar-refractivity contribution in [2.45, 2.75) is 125 Å². The normalized spacial score (nSPS) is 30.3. The minimum absolute atomic E-state index is 0.0329. The third kappa shape index (κ3) is 7.62. The molecule has 1 aromatic carbocycles. The number of nitrogens with one attached hydrogen (secondary N) is 3. The van der Waals surface area contributed by atoms with Gasteiger partial charge in [0.25, 0.3) is 5.91 Å². The predicted octanol–water partition coefficient (Wildman–Crippen LogP) is 4.04. The lowest BCUT2D eigenvalue weighted by molar-refractivity contribution is -0.142. The second-order valence-electron chi connectivity index (χ2n) is 15.3. The zero-order valence-corrected chi connectivity index (χ0v) is 30.5. The third-order valence-corrected chi connectivity index (χ3v) is 13.3. The number of aromatic nitrogens is 1. The highest BCUT2D eigenvalue weighted by Crippen LogP contribution is 2.45. The van der Waals surface area contributed by atoms with Gasteiger partial charge in [-0.2, -0.15) is 0 Å². The van der Waals surface area contributed by atoms with Crippen LogP contribution in [-0.2, 0) is 35.6 Å². The number of amides is 4. The molecule has 0 unspecified atom stereocenters. The Hall–Kier alpha value is -4.20. The molecule has 4 bridgehead atoms. The van der Waals surface area contributed by atoms with Gasteiger partial charge in [-0.15, -0.1) is 6.58 Å². The summed E-state index contributed by atoms with van der Waals surface area (Å²) in [5.41, 5.74) is -0.406. The zero-order chi connectivity index (χ0) is 36.6. The lowest BCUT2D eigenvalue weighted by Crippen LogP contribution is -2.59. The van der Waals surface area contributed by atoms with E-state index in [4.69, 9.17) is 9.47 Å². The van der Waals surface area contributed by atoms with E-state index in [9.17, 15) is 27.6 Å². The molecule has 5 aliphatic rings. The average molecular weight is 736 g/mol. The van der Waals surface area contributed by atoms with Gasteiger partial charge in [0.1, 0.15) is 29.8 Å². The van der Waals surface area contributed by atoms with Gasteiger partial charge in [0.05, 0.1) is 11.8 Å². The highest BCUT2D eigenvalue weighted by molar-refractivity contribution is 7.91. The Morgan fingerprint density at radius 2 is 1.81 bits per heavy atom. The molecule has 3 saturated carbocycles. The Morgan fingerprint density at radius 3 is 2.54 bits per heavy atom. The van der Waals surface area contributed by atoms with Crippen molar-refractivity contribution >= 4 is 44.6 Å². The molecule has 0 spiro atoms. The van der Waals surface area contributed by atoms with Crippen LogP contribution in [0.15, 0.2) is 43.1 Å². The number of cyclic esters (lactones) is 1. The summed E-state index contributed by atoms with van der Waals surface area (Å²) in [7, 11) is -3.88. The van der Waals surface area contributed by atoms with Crippen molar-refractivity contribution in [3.05, 3.63) is 48.7 Å². The van der Waals surface area contributed by atoms with Gasteiger partial charge in [-0.1, -0.05) is 37.5 Å². The van der Waals surface area contributed by atoms with Crippen LogP contribution in [0.1, 0.15) is 89.5 Å². The molecule has 4 fully saturated rings. The Labute approximate surface area is 304 Å². The van der Waals surface area contributed by atoms with E-state index in [1.165, 1.54) is 11.0 Å². The molecule has 2 aromatic rings. The van der Waals surface area contributed by atoms with Gasteiger partial charge in [0.15, 0.2) is 0 Å². The molecule has 52 heavy (non-hydrogen) atoms. The fourth-order valence-corrected chi connectivity index (χ4v) is 9.54. The Morgan fingerprint density at radius 1 is 1.04 bits per heavy atom. The van der Waals surface area contributed by atoms with Crippen molar-refractivity contribution in [1.82, 2.24) is 25.2 Å². The van der Waals surface area contributed by atoms with Gasteiger partial charge in [0, 0.05) is 23.9 Å². The van der Waals surface area contributed by atoms with Crippen LogP contribution in [0.2, 0.25) is 0 Å². The molecule has 2 aliphatic heterocycles. The monoisotopic (exact) mass is 735 g/mol. The number of nitrogens with zero attached hydrogens (tertiary/aromatic N) is 2. The molecule has 6 atom stereocenters. The van der Waals surface area contributed by atoms with Gasteiger partial charge < -0.3 is 25.0 Å². The first-order valence-electron chi connectivity index (χ1n) is 18.8. The number of hydrogen-bond donors (Lipinski definition) is 3. The Kier molecular flexibility index (Phi) is 10.2. The number of fused-ring (bicyclic) bond motifs is 3. The van der Waals surface area contributed by atoms with E-state index in [1.54, 1.807) is 6.20 Å². The Bertz CT molecular complexity index is 1840. The van der Waals surface area contributed by atoms with E-state index >= 15 is 0 Å². The number of hydrogen-bond acceptors (Lipinski definition) is 9. The summed E-state index contributed by atoms with van der Waals surface area (Å²) in [6, 6.07) is 6.07. The van der Waals surface area contributed by atoms with E-state index in [0.717, 1.165) is 67.7 Å². The van der Waals surface area contributed by atoms with Gasteiger partial charge in [-0.05, 0) is 93.7 Å². The first-order valence-corrected chi connectivity index (χ1v) is 20.3. The number of rotatable bonds is 7. The fourth-order valence-electron chi connectivity index (χ4n) is 8.18. The lowest BCUT2D eigenvalue weighted by atomic mass is 9.83. The van der Waals surface area contributed by atoms with Gasteiger partial charge in [-0.3, -0.25) is 19.1 Å². The maximum Gasteiger partial charge on any atom is 0.408 e. The first kappa shape index (κ1) is 36.2. The van der Waals surface area contributed by atoms with E-state index in [-0.39, 0.29) is 31.4 Å². The molecular weight excluding hydrogens is 687 g/mol. The second kappa shape index (κ2) is 14.7. The van der Waals surface area contributed by atoms with Gasteiger partial charge in [0.2, 0.25) is 27.7 Å². The predicted molar refractivity (Wildman–Crippen MR) is 193 cm³/mol. The van der Waals surface area contributed by atoms with Crippen LogP contribution in [0, 0.1) is 11.8 Å². The van der Waals surface area contributed by atoms with Crippen LogP contribution in [0.5, 0.6) is 5.88 Å². The molecule has 1 saturated heterocycles. The van der Waals surface area contributed by atoms with Crippen LogP contribution >= 0.6 is 0 Å². The highest BCUT2D eigenvalue weighted by Gasteiger charge is 2.62. The molecule has 3 N–H and O–H groups in total. The highest BCUT2D eigenvalue weighted by atomic mass is 32.2. The molecule has 13 nitrogen and oxygen atoms in total. The summed E-state index contributed by atoms with van der Waals surface area (Å²) in [5.74, 6) is -2.10. The van der Waals surface area contributed by atoms with Gasteiger partial charge >= 0.3 is 6.09 Å². The molecule has 3 heterocycles. The van der Waals surface area contributed by atoms with Crippen molar-refractivity contribution < 1.29 is 37.1 Å². The second-order valence-corrected chi connectivity index (χ2v) is 17.3. The summed E-state index contributed by atoms with van der Waals surface area (Å²) in [6.07, 6.45) is 10.3. The largest absolute Gasteiger partial charge is 0.472 e. The summed E-state index contributed by atoms with van der Waals surface area (Å²) >= 11 is 0.